The van der Waals surface area contributed by atoms with E-state index >= 15 is 0 Å². The summed E-state index contributed by atoms with van der Waals surface area (Å²) in [5.41, 5.74) is 1.18. The molecule has 0 bridgehead atoms. The number of hydrogen-bond donors (Lipinski definition) is 1. The molecule has 0 aromatic carbocycles. The fourth-order valence-corrected chi connectivity index (χ4v) is 3.07. The first-order valence-corrected chi connectivity index (χ1v) is 8.08. The summed E-state index contributed by atoms with van der Waals surface area (Å²) in [5, 5.41) is 5.51. The van der Waals surface area contributed by atoms with Gasteiger partial charge in [0.1, 0.15) is 0 Å². The summed E-state index contributed by atoms with van der Waals surface area (Å²) in [6.45, 7) is 5.41. The fraction of sp³-hybridized carbons (Fsp3) is 0.357. The molecule has 2 heterocycles. The van der Waals surface area contributed by atoms with E-state index in [0.29, 0.717) is 11.3 Å². The van der Waals surface area contributed by atoms with E-state index in [1.807, 2.05) is 13.8 Å². The molecule has 21 heavy (non-hydrogen) atoms. The van der Waals surface area contributed by atoms with Gasteiger partial charge < -0.3 is 0 Å². The van der Waals surface area contributed by atoms with Crippen LogP contribution in [0.5, 0.6) is 0 Å². The van der Waals surface area contributed by atoms with Gasteiger partial charge in [0.25, 0.3) is 0 Å². The molecule has 2 aromatic heterocycles. The summed E-state index contributed by atoms with van der Waals surface area (Å²) in [6.07, 6.45) is 4.63. The van der Waals surface area contributed by atoms with Crippen molar-refractivity contribution in [2.75, 3.05) is 0 Å². The molecule has 0 saturated carbocycles. The second kappa shape index (κ2) is 5.50. The van der Waals surface area contributed by atoms with Crippen LogP contribution in [0.15, 0.2) is 36.8 Å². The third-order valence-electron chi connectivity index (χ3n) is 3.46. The van der Waals surface area contributed by atoms with E-state index in [-0.39, 0.29) is 11.7 Å². The Balaban J connectivity index is 2.81. The number of nitrogens with zero attached hydrogens (tertiary/aromatic N) is 3. The summed E-state index contributed by atoms with van der Waals surface area (Å²) >= 11 is 0. The Morgan fingerprint density at radius 2 is 1.67 bits per heavy atom. The van der Waals surface area contributed by atoms with Crippen LogP contribution in [0.2, 0.25) is 0 Å². The average molecular weight is 306 g/mol. The second-order valence-electron chi connectivity index (χ2n) is 5.24. The van der Waals surface area contributed by atoms with E-state index in [4.69, 9.17) is 5.14 Å². The fourth-order valence-electron chi connectivity index (χ4n) is 2.23. The van der Waals surface area contributed by atoms with Gasteiger partial charge in [-0.1, -0.05) is 19.9 Å². The highest BCUT2D eigenvalue weighted by Crippen LogP contribution is 2.36. The molecule has 0 aliphatic carbocycles. The number of sulfonamides is 1. The Morgan fingerprint density at radius 3 is 2.19 bits per heavy atom. The van der Waals surface area contributed by atoms with Crippen LogP contribution in [-0.4, -0.2) is 23.4 Å². The van der Waals surface area contributed by atoms with E-state index in [2.05, 4.69) is 15.0 Å². The molecular weight excluding hydrogens is 288 g/mol. The summed E-state index contributed by atoms with van der Waals surface area (Å²) in [4.78, 5) is 12.5. The number of aromatic nitrogens is 3. The molecule has 7 heteroatoms. The van der Waals surface area contributed by atoms with Gasteiger partial charge in [-0.25, -0.2) is 23.5 Å². The van der Waals surface area contributed by atoms with Gasteiger partial charge in [-0.15, -0.1) is 0 Å². The highest BCUT2D eigenvalue weighted by Gasteiger charge is 2.45. The molecule has 0 aliphatic rings. The molecule has 0 spiro atoms. The topological polar surface area (TPSA) is 98.8 Å². The molecule has 0 amide bonds. The molecule has 2 aromatic rings. The first-order valence-electron chi connectivity index (χ1n) is 6.53. The zero-order valence-corrected chi connectivity index (χ0v) is 13.0. The molecule has 0 saturated heterocycles. The maximum absolute atomic E-state index is 12.3. The van der Waals surface area contributed by atoms with E-state index in [1.165, 1.54) is 19.3 Å². The van der Waals surface area contributed by atoms with Crippen LogP contribution in [0.25, 0.3) is 0 Å². The highest BCUT2D eigenvalue weighted by atomic mass is 32.2. The predicted molar refractivity (Wildman–Crippen MR) is 79.9 cm³/mol. The maximum atomic E-state index is 12.3. The van der Waals surface area contributed by atoms with Crippen LogP contribution in [0.4, 0.5) is 0 Å². The van der Waals surface area contributed by atoms with E-state index in [0.717, 1.165) is 0 Å². The third-order valence-corrected chi connectivity index (χ3v) is 5.00. The monoisotopic (exact) mass is 306 g/mol. The minimum absolute atomic E-state index is 0.0472. The van der Waals surface area contributed by atoms with Crippen LogP contribution in [0, 0.1) is 0 Å². The molecule has 1 unspecified atom stereocenters. The SMILES string of the molecule is CC(C)c1ncccc1C(C)(c1ncccn1)S(N)(=O)=O. The Hall–Kier alpha value is -1.86. The average Bonchev–Trinajstić information content (AvgIpc) is 2.46. The Morgan fingerprint density at radius 1 is 1.10 bits per heavy atom. The van der Waals surface area contributed by atoms with Crippen molar-refractivity contribution in [3.05, 3.63) is 53.9 Å². The minimum Gasteiger partial charge on any atom is -0.261 e. The van der Waals surface area contributed by atoms with Gasteiger partial charge in [-0.3, -0.25) is 4.98 Å². The zero-order chi connectivity index (χ0) is 15.7. The van der Waals surface area contributed by atoms with Gasteiger partial charge in [0, 0.05) is 29.8 Å². The van der Waals surface area contributed by atoms with Crippen molar-refractivity contribution in [1.82, 2.24) is 15.0 Å². The first kappa shape index (κ1) is 15.5. The van der Waals surface area contributed by atoms with Crippen molar-refractivity contribution < 1.29 is 8.42 Å². The zero-order valence-electron chi connectivity index (χ0n) is 12.2. The number of nitrogens with two attached hydrogens (primary N) is 1. The highest BCUT2D eigenvalue weighted by molar-refractivity contribution is 7.90. The molecule has 0 radical (unpaired) electrons. The molecule has 0 fully saturated rings. The van der Waals surface area contributed by atoms with Crippen molar-refractivity contribution in [3.8, 4) is 0 Å². The van der Waals surface area contributed by atoms with Crippen LogP contribution < -0.4 is 5.14 Å². The molecule has 6 nitrogen and oxygen atoms in total. The predicted octanol–water partition coefficient (Wildman–Crippen LogP) is 1.55. The summed E-state index contributed by atoms with van der Waals surface area (Å²) in [6, 6.07) is 5.02. The minimum atomic E-state index is -3.99. The third kappa shape index (κ3) is 2.66. The normalized spacial score (nSPS) is 14.9. The lowest BCUT2D eigenvalue weighted by Crippen LogP contribution is -2.41. The molecule has 0 aliphatic heterocycles. The largest absolute Gasteiger partial charge is 0.261 e. The molecule has 1 atom stereocenters. The second-order valence-corrected chi connectivity index (χ2v) is 7.15. The summed E-state index contributed by atoms with van der Waals surface area (Å²) in [7, 11) is -3.99. The van der Waals surface area contributed by atoms with Crippen molar-refractivity contribution in [1.29, 1.82) is 0 Å². The Labute approximate surface area is 124 Å². The van der Waals surface area contributed by atoms with Crippen LogP contribution in [0.3, 0.4) is 0 Å². The van der Waals surface area contributed by atoms with Crippen LogP contribution >= 0.6 is 0 Å². The van der Waals surface area contributed by atoms with Crippen molar-refractivity contribution in [3.63, 3.8) is 0 Å². The van der Waals surface area contributed by atoms with E-state index in [9.17, 15) is 8.42 Å². The van der Waals surface area contributed by atoms with E-state index < -0.39 is 14.8 Å². The Kier molecular flexibility index (Phi) is 4.06. The first-order chi connectivity index (χ1) is 9.78. The summed E-state index contributed by atoms with van der Waals surface area (Å²) < 4.78 is 23.1. The van der Waals surface area contributed by atoms with Gasteiger partial charge in [0.05, 0.1) is 0 Å². The van der Waals surface area contributed by atoms with Gasteiger partial charge in [-0.05, 0) is 25.0 Å². The van der Waals surface area contributed by atoms with Gasteiger partial charge in [0.15, 0.2) is 10.6 Å². The van der Waals surface area contributed by atoms with Gasteiger partial charge >= 0.3 is 0 Å². The van der Waals surface area contributed by atoms with Crippen molar-refractivity contribution >= 4 is 10.0 Å². The number of hydrogen-bond acceptors (Lipinski definition) is 5. The van der Waals surface area contributed by atoms with Crippen LogP contribution in [-0.2, 0) is 14.8 Å². The molecule has 112 valence electrons. The molecule has 2 N–H and O–H groups in total. The van der Waals surface area contributed by atoms with Gasteiger partial charge in [-0.2, -0.15) is 0 Å². The maximum Gasteiger partial charge on any atom is 0.226 e. The van der Waals surface area contributed by atoms with Crippen LogP contribution in [0.1, 0.15) is 43.8 Å². The number of rotatable bonds is 4. The lowest BCUT2D eigenvalue weighted by atomic mass is 9.92. The molecular formula is C14H18N4O2S. The summed E-state index contributed by atoms with van der Waals surface area (Å²) in [5.74, 6) is 0.188. The van der Waals surface area contributed by atoms with E-state index in [1.54, 1.807) is 24.4 Å². The standard InChI is InChI=1S/C14H18N4O2S/c1-10(2)12-11(6-4-7-16-12)14(3,21(15,19)20)13-17-8-5-9-18-13/h4-10H,1-3H3,(H2,15,19,20). The Bertz CT molecular complexity index is 732. The quantitative estimate of drug-likeness (QED) is 0.924. The number of pyridine rings is 1. The lowest BCUT2D eigenvalue weighted by Gasteiger charge is -2.28. The van der Waals surface area contributed by atoms with Crippen molar-refractivity contribution in [2.24, 2.45) is 5.14 Å². The lowest BCUT2D eigenvalue weighted by molar-refractivity contribution is 0.553. The smallest absolute Gasteiger partial charge is 0.226 e. The number of primary sulfonamides is 1. The van der Waals surface area contributed by atoms with Gasteiger partial charge in [0.2, 0.25) is 10.0 Å². The van der Waals surface area contributed by atoms with Crippen molar-refractivity contribution in [2.45, 2.75) is 31.4 Å². The molecule has 2 rings (SSSR count).